The molecule has 0 saturated carbocycles. The molecule has 0 amide bonds. The Morgan fingerprint density at radius 1 is 1.33 bits per heavy atom. The molecule has 18 heavy (non-hydrogen) atoms. The first-order valence-electron chi connectivity index (χ1n) is 5.41. The molecule has 6 heteroatoms. The van der Waals surface area contributed by atoms with Crippen LogP contribution in [0.4, 0.5) is 0 Å². The number of carbonyl (C=O) groups is 1. The third kappa shape index (κ3) is 2.22. The van der Waals surface area contributed by atoms with E-state index in [1.54, 1.807) is 42.7 Å². The van der Waals surface area contributed by atoms with Crippen LogP contribution in [0.3, 0.4) is 0 Å². The molecule has 0 aliphatic carbocycles. The zero-order chi connectivity index (χ0) is 13.3. The summed E-state index contributed by atoms with van der Waals surface area (Å²) in [6.45, 7) is 3.32. The van der Waals surface area contributed by atoms with Crippen molar-refractivity contribution in [3.05, 3.63) is 35.1 Å². The van der Waals surface area contributed by atoms with E-state index in [9.17, 15) is 4.79 Å². The summed E-state index contributed by atoms with van der Waals surface area (Å²) in [6, 6.07) is 6.33. The van der Waals surface area contributed by atoms with Gasteiger partial charge in [-0.1, -0.05) is 11.6 Å². The summed E-state index contributed by atoms with van der Waals surface area (Å²) in [5.74, 6) is 0.169. The Labute approximate surface area is 109 Å². The molecule has 1 aromatic carbocycles. The minimum Gasteiger partial charge on any atom is -0.480 e. The predicted molar refractivity (Wildman–Crippen MR) is 67.6 cm³/mol. The first kappa shape index (κ1) is 12.6. The van der Waals surface area contributed by atoms with Crippen LogP contribution < -0.4 is 0 Å². The summed E-state index contributed by atoms with van der Waals surface area (Å²) in [6.07, 6.45) is 0. The molecule has 1 unspecified atom stereocenters. The lowest BCUT2D eigenvalue weighted by atomic mass is 10.2. The van der Waals surface area contributed by atoms with Crippen LogP contribution in [0.5, 0.6) is 0 Å². The maximum absolute atomic E-state index is 11.1. The maximum Gasteiger partial charge on any atom is 0.326 e. The average molecular weight is 266 g/mol. The van der Waals surface area contributed by atoms with Crippen LogP contribution in [0.2, 0.25) is 5.02 Å². The Balaban J connectivity index is 2.52. The van der Waals surface area contributed by atoms with Crippen LogP contribution in [-0.2, 0) is 4.79 Å². The first-order valence-corrected chi connectivity index (χ1v) is 5.78. The summed E-state index contributed by atoms with van der Waals surface area (Å²) < 4.78 is 1.59. The molecule has 5 nitrogen and oxygen atoms in total. The Kier molecular flexibility index (Phi) is 3.34. The topological polar surface area (TPSA) is 68.0 Å². The molecule has 0 aliphatic heterocycles. The lowest BCUT2D eigenvalue weighted by Gasteiger charge is -2.12. The lowest BCUT2D eigenvalue weighted by molar-refractivity contribution is -0.140. The number of benzene rings is 1. The molecule has 1 N–H and O–H groups in total. The van der Waals surface area contributed by atoms with E-state index in [-0.39, 0.29) is 0 Å². The van der Waals surface area contributed by atoms with E-state index >= 15 is 0 Å². The van der Waals surface area contributed by atoms with Gasteiger partial charge in [-0.3, -0.25) is 4.57 Å². The van der Waals surface area contributed by atoms with E-state index in [1.807, 2.05) is 0 Å². The van der Waals surface area contributed by atoms with Gasteiger partial charge >= 0.3 is 5.97 Å². The van der Waals surface area contributed by atoms with Crippen molar-refractivity contribution in [3.63, 3.8) is 0 Å². The normalized spacial score (nSPS) is 12.4. The van der Waals surface area contributed by atoms with Crippen molar-refractivity contribution in [1.82, 2.24) is 14.8 Å². The standard InChI is InChI=1S/C12H12ClN3O2/c1-7(12(17)18)16-8(2)14-15-11(16)9-3-5-10(13)6-4-9/h3-7H,1-2H3,(H,17,18). The van der Waals surface area contributed by atoms with Gasteiger partial charge in [0.2, 0.25) is 0 Å². The molecule has 2 rings (SSSR count). The Bertz CT molecular complexity index is 578. The van der Waals surface area contributed by atoms with Gasteiger partial charge in [0.1, 0.15) is 11.9 Å². The van der Waals surface area contributed by atoms with Gasteiger partial charge in [-0.2, -0.15) is 0 Å². The highest BCUT2D eigenvalue weighted by molar-refractivity contribution is 6.30. The molecule has 0 spiro atoms. The van der Waals surface area contributed by atoms with E-state index in [1.165, 1.54) is 0 Å². The Morgan fingerprint density at radius 2 is 1.94 bits per heavy atom. The zero-order valence-electron chi connectivity index (χ0n) is 9.96. The molecule has 0 fully saturated rings. The number of hydrogen-bond donors (Lipinski definition) is 1. The number of aliphatic carboxylic acids is 1. The monoisotopic (exact) mass is 265 g/mol. The van der Waals surface area contributed by atoms with E-state index < -0.39 is 12.0 Å². The number of halogens is 1. The summed E-state index contributed by atoms with van der Waals surface area (Å²) in [7, 11) is 0. The molecular weight excluding hydrogens is 254 g/mol. The fourth-order valence-corrected chi connectivity index (χ4v) is 1.87. The van der Waals surface area contributed by atoms with Crippen LogP contribution in [0, 0.1) is 6.92 Å². The molecule has 1 atom stereocenters. The van der Waals surface area contributed by atoms with E-state index in [4.69, 9.17) is 16.7 Å². The molecule has 0 saturated heterocycles. The SMILES string of the molecule is Cc1nnc(-c2ccc(Cl)cc2)n1C(C)C(=O)O. The second kappa shape index (κ2) is 4.78. The van der Waals surface area contributed by atoms with Crippen molar-refractivity contribution in [2.24, 2.45) is 0 Å². The second-order valence-corrected chi connectivity index (χ2v) is 4.40. The number of aryl methyl sites for hydroxylation is 1. The number of aromatic nitrogens is 3. The van der Waals surface area contributed by atoms with Crippen LogP contribution in [0.15, 0.2) is 24.3 Å². The van der Waals surface area contributed by atoms with Gasteiger partial charge in [-0.05, 0) is 38.1 Å². The molecule has 94 valence electrons. The Hall–Kier alpha value is -1.88. The van der Waals surface area contributed by atoms with Gasteiger partial charge in [0.05, 0.1) is 0 Å². The smallest absolute Gasteiger partial charge is 0.326 e. The molecule has 0 bridgehead atoms. The van der Waals surface area contributed by atoms with Gasteiger partial charge in [-0.15, -0.1) is 10.2 Å². The van der Waals surface area contributed by atoms with Crippen molar-refractivity contribution < 1.29 is 9.90 Å². The summed E-state index contributed by atoms with van der Waals surface area (Å²) in [5.41, 5.74) is 0.785. The molecule has 1 aromatic heterocycles. The first-order chi connectivity index (χ1) is 8.50. The third-order valence-corrected chi connectivity index (χ3v) is 2.97. The molecule has 1 heterocycles. The fourth-order valence-electron chi connectivity index (χ4n) is 1.74. The minimum absolute atomic E-state index is 0.527. The van der Waals surface area contributed by atoms with Crippen LogP contribution in [0.25, 0.3) is 11.4 Å². The summed E-state index contributed by atoms with van der Waals surface area (Å²) in [5, 5.41) is 17.7. The average Bonchev–Trinajstić information content (AvgIpc) is 2.71. The van der Waals surface area contributed by atoms with Gasteiger partial charge < -0.3 is 5.11 Å². The number of hydrogen-bond acceptors (Lipinski definition) is 3. The van der Waals surface area contributed by atoms with E-state index in [0.29, 0.717) is 16.7 Å². The largest absolute Gasteiger partial charge is 0.480 e. The van der Waals surface area contributed by atoms with Gasteiger partial charge in [0.15, 0.2) is 5.82 Å². The van der Waals surface area contributed by atoms with E-state index in [2.05, 4.69) is 10.2 Å². The van der Waals surface area contributed by atoms with Crippen LogP contribution in [0.1, 0.15) is 18.8 Å². The number of rotatable bonds is 3. The highest BCUT2D eigenvalue weighted by Gasteiger charge is 2.21. The molecule has 2 aromatic rings. The predicted octanol–water partition coefficient (Wildman–Crippen LogP) is 2.55. The quantitative estimate of drug-likeness (QED) is 0.926. The van der Waals surface area contributed by atoms with Crippen molar-refractivity contribution >= 4 is 17.6 Å². The van der Waals surface area contributed by atoms with Gasteiger partial charge in [0.25, 0.3) is 0 Å². The Morgan fingerprint density at radius 3 is 2.50 bits per heavy atom. The van der Waals surface area contributed by atoms with Crippen LogP contribution >= 0.6 is 11.6 Å². The maximum atomic E-state index is 11.1. The van der Waals surface area contributed by atoms with Gasteiger partial charge in [0, 0.05) is 10.6 Å². The molecular formula is C12H12ClN3O2. The highest BCUT2D eigenvalue weighted by Crippen LogP contribution is 2.23. The van der Waals surface area contributed by atoms with Crippen LogP contribution in [-0.4, -0.2) is 25.8 Å². The zero-order valence-corrected chi connectivity index (χ0v) is 10.7. The number of nitrogens with zero attached hydrogens (tertiary/aromatic N) is 3. The van der Waals surface area contributed by atoms with Crippen molar-refractivity contribution in [1.29, 1.82) is 0 Å². The highest BCUT2D eigenvalue weighted by atomic mass is 35.5. The third-order valence-electron chi connectivity index (χ3n) is 2.71. The second-order valence-electron chi connectivity index (χ2n) is 3.96. The van der Waals surface area contributed by atoms with E-state index in [0.717, 1.165) is 5.56 Å². The number of carboxylic acids is 1. The fraction of sp³-hybridized carbons (Fsp3) is 0.250. The van der Waals surface area contributed by atoms with Gasteiger partial charge in [-0.25, -0.2) is 4.79 Å². The number of carboxylic acid groups (broad SMARTS) is 1. The summed E-state index contributed by atoms with van der Waals surface area (Å²) in [4.78, 5) is 11.1. The lowest BCUT2D eigenvalue weighted by Crippen LogP contribution is -2.17. The van der Waals surface area contributed by atoms with Crippen molar-refractivity contribution in [3.8, 4) is 11.4 Å². The molecule has 0 aliphatic rings. The summed E-state index contributed by atoms with van der Waals surface area (Å²) >= 11 is 5.82. The van der Waals surface area contributed by atoms with Crippen molar-refractivity contribution in [2.45, 2.75) is 19.9 Å². The van der Waals surface area contributed by atoms with Crippen molar-refractivity contribution in [2.75, 3.05) is 0 Å². The molecule has 0 radical (unpaired) electrons. The minimum atomic E-state index is -0.923.